The number of nitrogens with one attached hydrogen (secondary N) is 1. The molecule has 0 radical (unpaired) electrons. The van der Waals surface area contributed by atoms with Crippen molar-refractivity contribution in [2.45, 2.75) is 53.0 Å². The van der Waals surface area contributed by atoms with E-state index in [0.717, 1.165) is 23.4 Å². The lowest BCUT2D eigenvalue weighted by atomic mass is 9.63. The molecule has 3 heteroatoms. The van der Waals surface area contributed by atoms with Crippen LogP contribution in [0.4, 0.5) is 0 Å². The fourth-order valence-electron chi connectivity index (χ4n) is 3.95. The summed E-state index contributed by atoms with van der Waals surface area (Å²) in [5, 5.41) is 3.68. The standard InChI is InChI=1S/C18H28BrNO/c1-17(2)11-15(12-18(3,4)13-17)20-9-10-21-16-7-5-14(19)6-8-16/h5-8,15,20H,9-13H2,1-4H3. The molecular weight excluding hydrogens is 326 g/mol. The largest absolute Gasteiger partial charge is 0.492 e. The normalized spacial score (nSPS) is 21.2. The van der Waals surface area contributed by atoms with Gasteiger partial charge in [-0.1, -0.05) is 43.6 Å². The monoisotopic (exact) mass is 353 g/mol. The minimum absolute atomic E-state index is 0.436. The van der Waals surface area contributed by atoms with Gasteiger partial charge >= 0.3 is 0 Å². The van der Waals surface area contributed by atoms with Crippen LogP contribution in [0.1, 0.15) is 47.0 Å². The van der Waals surface area contributed by atoms with Gasteiger partial charge in [-0.3, -0.25) is 0 Å². The smallest absolute Gasteiger partial charge is 0.119 e. The van der Waals surface area contributed by atoms with Crippen molar-refractivity contribution in [3.05, 3.63) is 28.7 Å². The zero-order valence-electron chi connectivity index (χ0n) is 13.7. The molecular formula is C18H28BrNO. The Kier molecular flexibility index (Phi) is 5.37. The molecule has 0 aromatic heterocycles. The predicted octanol–water partition coefficient (Wildman–Crippen LogP) is 5.02. The van der Waals surface area contributed by atoms with Crippen LogP contribution in [0.5, 0.6) is 5.75 Å². The first-order valence-corrected chi connectivity index (χ1v) is 8.67. The molecule has 1 aliphatic carbocycles. The van der Waals surface area contributed by atoms with Gasteiger partial charge in [0, 0.05) is 17.1 Å². The van der Waals surface area contributed by atoms with Gasteiger partial charge in [0.2, 0.25) is 0 Å². The van der Waals surface area contributed by atoms with Crippen LogP contribution in [0.25, 0.3) is 0 Å². The summed E-state index contributed by atoms with van der Waals surface area (Å²) in [6.45, 7) is 11.2. The molecule has 2 rings (SSSR count). The maximum Gasteiger partial charge on any atom is 0.119 e. The summed E-state index contributed by atoms with van der Waals surface area (Å²) in [6.07, 6.45) is 3.83. The molecule has 1 aliphatic rings. The molecule has 21 heavy (non-hydrogen) atoms. The van der Waals surface area contributed by atoms with E-state index in [1.807, 2.05) is 24.3 Å². The Morgan fingerprint density at radius 2 is 1.67 bits per heavy atom. The van der Waals surface area contributed by atoms with E-state index >= 15 is 0 Å². The lowest BCUT2D eigenvalue weighted by Crippen LogP contribution is -2.44. The van der Waals surface area contributed by atoms with E-state index < -0.39 is 0 Å². The number of benzene rings is 1. The van der Waals surface area contributed by atoms with E-state index in [-0.39, 0.29) is 0 Å². The Balaban J connectivity index is 1.74. The molecule has 0 bridgehead atoms. The molecule has 1 aromatic carbocycles. The van der Waals surface area contributed by atoms with E-state index in [1.165, 1.54) is 19.3 Å². The maximum atomic E-state index is 5.77. The summed E-state index contributed by atoms with van der Waals surface area (Å²) in [4.78, 5) is 0. The molecule has 0 heterocycles. The van der Waals surface area contributed by atoms with Crippen LogP contribution in [0.3, 0.4) is 0 Å². The van der Waals surface area contributed by atoms with Crippen LogP contribution in [-0.4, -0.2) is 19.2 Å². The fourth-order valence-corrected chi connectivity index (χ4v) is 4.22. The second-order valence-electron chi connectivity index (χ2n) is 7.87. The van der Waals surface area contributed by atoms with Gasteiger partial charge in [-0.2, -0.15) is 0 Å². The van der Waals surface area contributed by atoms with Crippen LogP contribution in [0, 0.1) is 10.8 Å². The van der Waals surface area contributed by atoms with E-state index in [1.54, 1.807) is 0 Å². The van der Waals surface area contributed by atoms with E-state index in [9.17, 15) is 0 Å². The van der Waals surface area contributed by atoms with Gasteiger partial charge in [-0.05, 0) is 54.4 Å². The summed E-state index contributed by atoms with van der Waals surface area (Å²) >= 11 is 3.43. The van der Waals surface area contributed by atoms with Crippen molar-refractivity contribution >= 4 is 15.9 Å². The minimum atomic E-state index is 0.436. The van der Waals surface area contributed by atoms with Crippen molar-refractivity contribution in [3.63, 3.8) is 0 Å². The number of hydrogen-bond acceptors (Lipinski definition) is 2. The molecule has 0 aliphatic heterocycles. The van der Waals surface area contributed by atoms with Crippen LogP contribution >= 0.6 is 15.9 Å². The first kappa shape index (κ1) is 16.8. The molecule has 1 N–H and O–H groups in total. The molecule has 1 saturated carbocycles. The van der Waals surface area contributed by atoms with Crippen molar-refractivity contribution in [1.29, 1.82) is 0 Å². The highest BCUT2D eigenvalue weighted by atomic mass is 79.9. The molecule has 0 spiro atoms. The van der Waals surface area contributed by atoms with Crippen LogP contribution in [-0.2, 0) is 0 Å². The number of rotatable bonds is 5. The van der Waals surface area contributed by atoms with E-state index in [2.05, 4.69) is 48.9 Å². The Morgan fingerprint density at radius 1 is 1.10 bits per heavy atom. The van der Waals surface area contributed by atoms with E-state index in [0.29, 0.717) is 16.9 Å². The zero-order chi connectivity index (χ0) is 15.5. The van der Waals surface area contributed by atoms with Gasteiger partial charge in [0.15, 0.2) is 0 Å². The molecule has 2 nitrogen and oxygen atoms in total. The highest BCUT2D eigenvalue weighted by molar-refractivity contribution is 9.10. The van der Waals surface area contributed by atoms with Gasteiger partial charge in [-0.25, -0.2) is 0 Å². The first-order valence-electron chi connectivity index (χ1n) is 7.88. The van der Waals surface area contributed by atoms with Crippen LogP contribution < -0.4 is 10.1 Å². The van der Waals surface area contributed by atoms with Crippen molar-refractivity contribution < 1.29 is 4.74 Å². The Morgan fingerprint density at radius 3 is 2.24 bits per heavy atom. The molecule has 1 fully saturated rings. The maximum absolute atomic E-state index is 5.77. The lowest BCUT2D eigenvalue weighted by molar-refractivity contribution is 0.0835. The Labute approximate surface area is 137 Å². The highest BCUT2D eigenvalue weighted by Crippen LogP contribution is 2.45. The van der Waals surface area contributed by atoms with Gasteiger partial charge in [0.25, 0.3) is 0 Å². The fraction of sp³-hybridized carbons (Fsp3) is 0.667. The average Bonchev–Trinajstić information content (AvgIpc) is 2.33. The van der Waals surface area contributed by atoms with Gasteiger partial charge < -0.3 is 10.1 Å². The van der Waals surface area contributed by atoms with Gasteiger partial charge in [0.1, 0.15) is 12.4 Å². The average molecular weight is 354 g/mol. The van der Waals surface area contributed by atoms with Crippen molar-refractivity contribution in [2.24, 2.45) is 10.8 Å². The first-order chi connectivity index (χ1) is 9.76. The second kappa shape index (κ2) is 6.70. The molecule has 0 amide bonds. The topological polar surface area (TPSA) is 21.3 Å². The van der Waals surface area contributed by atoms with Crippen LogP contribution in [0.15, 0.2) is 28.7 Å². The van der Waals surface area contributed by atoms with Gasteiger partial charge in [-0.15, -0.1) is 0 Å². The summed E-state index contributed by atoms with van der Waals surface area (Å²) in [7, 11) is 0. The third-order valence-electron chi connectivity index (χ3n) is 4.17. The van der Waals surface area contributed by atoms with Gasteiger partial charge in [0.05, 0.1) is 0 Å². The zero-order valence-corrected chi connectivity index (χ0v) is 15.3. The third-order valence-corrected chi connectivity index (χ3v) is 4.70. The number of hydrogen-bond donors (Lipinski definition) is 1. The Bertz CT molecular complexity index is 437. The Hall–Kier alpha value is -0.540. The number of ether oxygens (including phenoxy) is 1. The van der Waals surface area contributed by atoms with Crippen molar-refractivity contribution in [2.75, 3.05) is 13.2 Å². The predicted molar refractivity (Wildman–Crippen MR) is 92.8 cm³/mol. The van der Waals surface area contributed by atoms with Crippen molar-refractivity contribution in [1.82, 2.24) is 5.32 Å². The lowest BCUT2D eigenvalue weighted by Gasteiger charge is -2.45. The summed E-state index contributed by atoms with van der Waals surface area (Å²) < 4.78 is 6.86. The highest BCUT2D eigenvalue weighted by Gasteiger charge is 2.37. The summed E-state index contributed by atoms with van der Waals surface area (Å²) in [5.74, 6) is 0.935. The quantitative estimate of drug-likeness (QED) is 0.750. The number of halogens is 1. The summed E-state index contributed by atoms with van der Waals surface area (Å²) in [5.41, 5.74) is 0.873. The van der Waals surface area contributed by atoms with E-state index in [4.69, 9.17) is 4.74 Å². The second-order valence-corrected chi connectivity index (χ2v) is 8.78. The van der Waals surface area contributed by atoms with Crippen LogP contribution in [0.2, 0.25) is 0 Å². The molecule has 0 saturated heterocycles. The van der Waals surface area contributed by atoms with Crippen molar-refractivity contribution in [3.8, 4) is 5.75 Å². The molecule has 118 valence electrons. The molecule has 0 unspecified atom stereocenters. The summed E-state index contributed by atoms with van der Waals surface area (Å²) in [6, 6.07) is 8.62. The molecule has 1 aromatic rings. The minimum Gasteiger partial charge on any atom is -0.492 e. The molecule has 0 atom stereocenters. The third kappa shape index (κ3) is 5.63. The SMILES string of the molecule is CC1(C)CC(NCCOc2ccc(Br)cc2)CC(C)(C)C1.